The van der Waals surface area contributed by atoms with Crippen molar-refractivity contribution in [1.29, 1.82) is 0 Å². The smallest absolute Gasteiger partial charge is 0.258 e. The molecule has 6 rings (SSSR count). The molecule has 0 spiro atoms. The Morgan fingerprint density at radius 3 is 2.65 bits per heavy atom. The maximum absolute atomic E-state index is 5.63. The van der Waals surface area contributed by atoms with Crippen LogP contribution in [0.15, 0.2) is 69.3 Å². The Kier molecular flexibility index (Phi) is 4.30. The molecule has 1 aliphatic heterocycles. The van der Waals surface area contributed by atoms with Crippen molar-refractivity contribution in [3.05, 3.63) is 60.2 Å². The Labute approximate surface area is 180 Å². The summed E-state index contributed by atoms with van der Waals surface area (Å²) < 4.78 is 11.1. The lowest BCUT2D eigenvalue weighted by molar-refractivity contribution is 0.420. The van der Waals surface area contributed by atoms with E-state index in [1.54, 1.807) is 7.11 Å². The predicted molar refractivity (Wildman–Crippen MR) is 118 cm³/mol. The van der Waals surface area contributed by atoms with Crippen molar-refractivity contribution < 1.29 is 9.26 Å². The lowest BCUT2D eigenvalue weighted by atomic mass is 9.91. The standard InChI is InChI=1S/C25H22N4O2/c1-30-22-13-12-19(17-8-4-5-9-18(17)22)24-26-25(31-29-24)16-10-11-20-21(14-16)27-28-23(20)15-6-2-3-7-15/h4-5,8-15,23H,2-3,6-7H2,1H3. The van der Waals surface area contributed by atoms with Crippen LogP contribution in [0.3, 0.4) is 0 Å². The van der Waals surface area contributed by atoms with Crippen LogP contribution < -0.4 is 4.74 Å². The van der Waals surface area contributed by atoms with E-state index in [1.165, 1.54) is 31.2 Å². The van der Waals surface area contributed by atoms with Gasteiger partial charge < -0.3 is 9.26 Å². The molecule has 0 amide bonds. The van der Waals surface area contributed by atoms with Gasteiger partial charge in [-0.3, -0.25) is 0 Å². The highest BCUT2D eigenvalue weighted by Crippen LogP contribution is 2.46. The summed E-state index contributed by atoms with van der Waals surface area (Å²) in [6.07, 6.45) is 5.09. The number of rotatable bonds is 4. The number of methoxy groups -OCH3 is 1. The Hall–Kier alpha value is -3.54. The van der Waals surface area contributed by atoms with Crippen molar-refractivity contribution in [2.45, 2.75) is 31.7 Å². The van der Waals surface area contributed by atoms with Gasteiger partial charge in [-0.05, 0) is 48.4 Å². The fourth-order valence-corrected chi connectivity index (χ4v) is 4.92. The van der Waals surface area contributed by atoms with Gasteiger partial charge in [0, 0.05) is 22.1 Å². The molecular formula is C25H22N4O2. The lowest BCUT2D eigenvalue weighted by Crippen LogP contribution is -2.04. The van der Waals surface area contributed by atoms with E-state index in [-0.39, 0.29) is 6.04 Å². The molecule has 154 valence electrons. The zero-order chi connectivity index (χ0) is 20.8. The number of aromatic nitrogens is 2. The summed E-state index contributed by atoms with van der Waals surface area (Å²) in [7, 11) is 1.68. The van der Waals surface area contributed by atoms with Crippen LogP contribution >= 0.6 is 0 Å². The molecule has 2 aliphatic rings. The molecule has 1 atom stereocenters. The molecule has 1 saturated carbocycles. The zero-order valence-electron chi connectivity index (χ0n) is 17.3. The van der Waals surface area contributed by atoms with Crippen LogP contribution in [0.2, 0.25) is 0 Å². The first-order chi connectivity index (χ1) is 15.3. The molecule has 1 aromatic heterocycles. The number of ether oxygens (including phenoxy) is 1. The molecule has 1 aliphatic carbocycles. The summed E-state index contributed by atoms with van der Waals surface area (Å²) >= 11 is 0. The zero-order valence-corrected chi connectivity index (χ0v) is 17.3. The van der Waals surface area contributed by atoms with E-state index in [4.69, 9.17) is 9.26 Å². The number of hydrogen-bond acceptors (Lipinski definition) is 6. The highest BCUT2D eigenvalue weighted by atomic mass is 16.5. The fourth-order valence-electron chi connectivity index (χ4n) is 4.92. The SMILES string of the molecule is COc1ccc(-c2noc(-c3ccc4c(c3)N=NC4C3CCCC3)n2)c2ccccc12. The molecule has 4 aromatic rings. The van der Waals surface area contributed by atoms with E-state index in [9.17, 15) is 0 Å². The van der Waals surface area contributed by atoms with Crippen LogP contribution in [0.5, 0.6) is 5.75 Å². The second-order valence-corrected chi connectivity index (χ2v) is 8.26. The average molecular weight is 410 g/mol. The largest absolute Gasteiger partial charge is 0.496 e. The molecular weight excluding hydrogens is 388 g/mol. The van der Waals surface area contributed by atoms with Gasteiger partial charge in [0.25, 0.3) is 5.89 Å². The molecule has 1 fully saturated rings. The predicted octanol–water partition coefficient (Wildman–Crippen LogP) is 6.89. The number of benzene rings is 3. The quantitative estimate of drug-likeness (QED) is 0.367. The van der Waals surface area contributed by atoms with E-state index in [1.807, 2.05) is 48.5 Å². The van der Waals surface area contributed by atoms with Crippen molar-refractivity contribution in [3.8, 4) is 28.6 Å². The Morgan fingerprint density at radius 1 is 0.968 bits per heavy atom. The highest BCUT2D eigenvalue weighted by molar-refractivity contribution is 5.98. The summed E-state index contributed by atoms with van der Waals surface area (Å²) in [5, 5.41) is 15.3. The molecule has 0 saturated heterocycles. The molecule has 2 heterocycles. The van der Waals surface area contributed by atoms with Crippen LogP contribution in [0.4, 0.5) is 5.69 Å². The molecule has 31 heavy (non-hydrogen) atoms. The summed E-state index contributed by atoms with van der Waals surface area (Å²) in [5.41, 5.74) is 3.91. The van der Waals surface area contributed by atoms with Crippen LogP contribution in [0.25, 0.3) is 33.6 Å². The first-order valence-corrected chi connectivity index (χ1v) is 10.8. The monoisotopic (exact) mass is 410 g/mol. The first kappa shape index (κ1) is 18.2. The van der Waals surface area contributed by atoms with Crippen molar-refractivity contribution in [1.82, 2.24) is 10.1 Å². The number of nitrogens with zero attached hydrogens (tertiary/aromatic N) is 4. The minimum atomic E-state index is 0.204. The van der Waals surface area contributed by atoms with Crippen molar-refractivity contribution in [2.75, 3.05) is 7.11 Å². The molecule has 1 unspecified atom stereocenters. The summed E-state index contributed by atoms with van der Waals surface area (Å²) in [6, 6.07) is 18.4. The van der Waals surface area contributed by atoms with Gasteiger partial charge in [0.15, 0.2) is 0 Å². The van der Waals surface area contributed by atoms with Gasteiger partial charge in [-0.2, -0.15) is 15.2 Å². The third kappa shape index (κ3) is 3.02. The number of azo groups is 1. The van der Waals surface area contributed by atoms with Gasteiger partial charge >= 0.3 is 0 Å². The van der Waals surface area contributed by atoms with E-state index >= 15 is 0 Å². The van der Waals surface area contributed by atoms with E-state index < -0.39 is 0 Å². The van der Waals surface area contributed by atoms with Gasteiger partial charge in [-0.25, -0.2) is 0 Å². The van der Waals surface area contributed by atoms with Crippen molar-refractivity contribution >= 4 is 16.5 Å². The maximum Gasteiger partial charge on any atom is 0.258 e. The second kappa shape index (κ2) is 7.30. The maximum atomic E-state index is 5.63. The topological polar surface area (TPSA) is 72.9 Å². The summed E-state index contributed by atoms with van der Waals surface area (Å²) in [5.74, 6) is 2.48. The average Bonchev–Trinajstić information content (AvgIpc) is 3.58. The summed E-state index contributed by atoms with van der Waals surface area (Å²) in [6.45, 7) is 0. The fraction of sp³-hybridized carbons (Fsp3) is 0.280. The molecule has 0 radical (unpaired) electrons. The Balaban J connectivity index is 1.35. The summed E-state index contributed by atoms with van der Waals surface area (Å²) in [4.78, 5) is 4.69. The van der Waals surface area contributed by atoms with Crippen molar-refractivity contribution in [3.63, 3.8) is 0 Å². The molecule has 6 nitrogen and oxygen atoms in total. The van der Waals surface area contributed by atoms with Gasteiger partial charge in [-0.15, -0.1) is 0 Å². The van der Waals surface area contributed by atoms with Gasteiger partial charge in [0.1, 0.15) is 11.8 Å². The number of hydrogen-bond donors (Lipinski definition) is 0. The molecule has 6 heteroatoms. The van der Waals surface area contributed by atoms with E-state index in [2.05, 4.69) is 26.4 Å². The minimum Gasteiger partial charge on any atom is -0.496 e. The first-order valence-electron chi connectivity index (χ1n) is 10.8. The second-order valence-electron chi connectivity index (χ2n) is 8.26. The normalized spacial score (nSPS) is 18.0. The molecule has 3 aromatic carbocycles. The van der Waals surface area contributed by atoms with Crippen LogP contribution in [0.1, 0.15) is 37.3 Å². The van der Waals surface area contributed by atoms with Crippen molar-refractivity contribution in [2.24, 2.45) is 16.1 Å². The highest BCUT2D eigenvalue weighted by Gasteiger charge is 2.31. The molecule has 0 N–H and O–H groups in total. The number of fused-ring (bicyclic) bond motifs is 2. The van der Waals surface area contributed by atoms with Gasteiger partial charge in [-0.1, -0.05) is 48.3 Å². The lowest BCUT2D eigenvalue weighted by Gasteiger charge is -2.15. The van der Waals surface area contributed by atoms with Crippen LogP contribution in [-0.2, 0) is 0 Å². The van der Waals surface area contributed by atoms with Gasteiger partial charge in [0.2, 0.25) is 5.82 Å². The van der Waals surface area contributed by atoms with E-state index in [0.29, 0.717) is 17.6 Å². The third-order valence-electron chi connectivity index (χ3n) is 6.50. The van der Waals surface area contributed by atoms with Crippen LogP contribution in [0, 0.1) is 5.92 Å². The minimum absolute atomic E-state index is 0.204. The van der Waals surface area contributed by atoms with E-state index in [0.717, 1.165) is 33.3 Å². The molecule has 0 bridgehead atoms. The van der Waals surface area contributed by atoms with Gasteiger partial charge in [0.05, 0.1) is 12.8 Å². The Morgan fingerprint density at radius 2 is 1.81 bits per heavy atom. The van der Waals surface area contributed by atoms with Crippen LogP contribution in [-0.4, -0.2) is 17.3 Å². The Bertz CT molecular complexity index is 1300. The third-order valence-corrected chi connectivity index (χ3v) is 6.50.